The maximum atomic E-state index is 12.6. The Morgan fingerprint density at radius 3 is 2.42 bits per heavy atom. The fraction of sp³-hybridized carbons (Fsp3) is 0.350. The zero-order chi connectivity index (χ0) is 22.6. The molecule has 0 aliphatic carbocycles. The Morgan fingerprint density at radius 1 is 1.19 bits per heavy atom. The Kier molecular flexibility index (Phi) is 6.64. The molecule has 166 valence electrons. The smallest absolute Gasteiger partial charge is 0.406 e. The number of alkyl halides is 3. The SMILES string of the molecule is CC(Nc1ccc(C(=O)N2CCOCC2)cc1[N+](=O)[O-])c1ccc(OC(F)(F)F)cc1. The third kappa shape index (κ3) is 5.85. The van der Waals surface area contributed by atoms with Crippen molar-refractivity contribution < 1.29 is 32.4 Å². The molecule has 3 rings (SSSR count). The van der Waals surface area contributed by atoms with Crippen molar-refractivity contribution in [3.8, 4) is 5.75 Å². The van der Waals surface area contributed by atoms with Crippen LogP contribution in [-0.4, -0.2) is 48.4 Å². The van der Waals surface area contributed by atoms with Gasteiger partial charge in [0.2, 0.25) is 0 Å². The second kappa shape index (κ2) is 9.21. The number of rotatable bonds is 6. The van der Waals surface area contributed by atoms with Crippen LogP contribution >= 0.6 is 0 Å². The Balaban J connectivity index is 1.75. The van der Waals surface area contributed by atoms with Crippen LogP contribution in [0.1, 0.15) is 28.9 Å². The van der Waals surface area contributed by atoms with Gasteiger partial charge >= 0.3 is 6.36 Å². The maximum absolute atomic E-state index is 12.6. The number of ether oxygens (including phenoxy) is 2. The number of carbonyl (C=O) groups is 1. The van der Waals surface area contributed by atoms with Crippen molar-refractivity contribution in [3.63, 3.8) is 0 Å². The molecule has 0 aromatic heterocycles. The Hall–Kier alpha value is -3.34. The first-order valence-corrected chi connectivity index (χ1v) is 9.42. The number of hydrogen-bond donors (Lipinski definition) is 1. The van der Waals surface area contributed by atoms with E-state index in [4.69, 9.17) is 4.74 Å². The van der Waals surface area contributed by atoms with Crippen molar-refractivity contribution in [1.82, 2.24) is 4.90 Å². The summed E-state index contributed by atoms with van der Waals surface area (Å²) in [7, 11) is 0. The summed E-state index contributed by atoms with van der Waals surface area (Å²) in [6.07, 6.45) is -4.79. The number of nitrogens with one attached hydrogen (secondary N) is 1. The number of carbonyl (C=O) groups excluding carboxylic acids is 1. The molecule has 31 heavy (non-hydrogen) atoms. The van der Waals surface area contributed by atoms with E-state index in [0.717, 1.165) is 0 Å². The van der Waals surface area contributed by atoms with Gasteiger partial charge in [-0.05, 0) is 36.8 Å². The summed E-state index contributed by atoms with van der Waals surface area (Å²) >= 11 is 0. The van der Waals surface area contributed by atoms with E-state index >= 15 is 0 Å². The predicted molar refractivity (Wildman–Crippen MR) is 105 cm³/mol. The van der Waals surface area contributed by atoms with Crippen molar-refractivity contribution in [1.29, 1.82) is 0 Å². The molecule has 2 aromatic carbocycles. The molecule has 1 saturated heterocycles. The van der Waals surface area contributed by atoms with Crippen LogP contribution in [0.5, 0.6) is 5.75 Å². The van der Waals surface area contributed by atoms with Crippen molar-refractivity contribution in [2.24, 2.45) is 0 Å². The number of halogens is 3. The van der Waals surface area contributed by atoms with E-state index in [-0.39, 0.29) is 28.6 Å². The molecule has 1 aliphatic heterocycles. The van der Waals surface area contributed by atoms with Crippen LogP contribution in [0, 0.1) is 10.1 Å². The van der Waals surface area contributed by atoms with Gasteiger partial charge in [-0.25, -0.2) is 0 Å². The summed E-state index contributed by atoms with van der Waals surface area (Å²) in [5.41, 5.74) is 0.701. The predicted octanol–water partition coefficient (Wildman–Crippen LogP) is 4.14. The summed E-state index contributed by atoms with van der Waals surface area (Å²) in [6.45, 7) is 3.36. The number of morpholine rings is 1. The first-order chi connectivity index (χ1) is 14.6. The molecule has 0 saturated carbocycles. The van der Waals surface area contributed by atoms with Gasteiger partial charge < -0.3 is 19.7 Å². The third-order valence-electron chi connectivity index (χ3n) is 4.73. The highest BCUT2D eigenvalue weighted by atomic mass is 19.4. The van der Waals surface area contributed by atoms with E-state index in [2.05, 4.69) is 10.1 Å². The molecule has 1 amide bonds. The van der Waals surface area contributed by atoms with Crippen molar-refractivity contribution >= 4 is 17.3 Å². The monoisotopic (exact) mass is 439 g/mol. The molecule has 11 heteroatoms. The average Bonchev–Trinajstić information content (AvgIpc) is 2.73. The van der Waals surface area contributed by atoms with Crippen LogP contribution in [-0.2, 0) is 4.74 Å². The second-order valence-corrected chi connectivity index (χ2v) is 6.88. The van der Waals surface area contributed by atoms with Gasteiger partial charge in [0.15, 0.2) is 0 Å². The van der Waals surface area contributed by atoms with Gasteiger partial charge in [0.05, 0.1) is 18.1 Å². The molecule has 8 nitrogen and oxygen atoms in total. The summed E-state index contributed by atoms with van der Waals surface area (Å²) in [5.74, 6) is -0.674. The molecular formula is C20H20F3N3O5. The normalized spacial score (nSPS) is 15.3. The molecule has 0 spiro atoms. The summed E-state index contributed by atoms with van der Waals surface area (Å²) in [4.78, 5) is 25.1. The largest absolute Gasteiger partial charge is 0.573 e. The van der Waals surface area contributed by atoms with Gasteiger partial charge in [0.25, 0.3) is 11.6 Å². The zero-order valence-electron chi connectivity index (χ0n) is 16.5. The molecular weight excluding hydrogens is 419 g/mol. The van der Waals surface area contributed by atoms with E-state index in [1.165, 1.54) is 42.5 Å². The van der Waals surface area contributed by atoms with Gasteiger partial charge in [-0.15, -0.1) is 13.2 Å². The lowest BCUT2D eigenvalue weighted by Crippen LogP contribution is -2.40. The van der Waals surface area contributed by atoms with Crippen molar-refractivity contribution in [3.05, 3.63) is 63.7 Å². The van der Waals surface area contributed by atoms with Gasteiger partial charge in [-0.2, -0.15) is 0 Å². The summed E-state index contributed by atoms with van der Waals surface area (Å²) < 4.78 is 45.9. The average molecular weight is 439 g/mol. The number of hydrogen-bond acceptors (Lipinski definition) is 6. The van der Waals surface area contributed by atoms with Crippen LogP contribution in [0.4, 0.5) is 24.5 Å². The van der Waals surface area contributed by atoms with Crippen molar-refractivity contribution in [2.75, 3.05) is 31.6 Å². The zero-order valence-corrected chi connectivity index (χ0v) is 16.5. The molecule has 1 atom stereocenters. The van der Waals surface area contributed by atoms with Crippen LogP contribution in [0.15, 0.2) is 42.5 Å². The van der Waals surface area contributed by atoms with E-state index in [1.807, 2.05) is 0 Å². The fourth-order valence-corrected chi connectivity index (χ4v) is 3.16. The van der Waals surface area contributed by atoms with Gasteiger partial charge in [0.1, 0.15) is 11.4 Å². The molecule has 1 unspecified atom stereocenters. The van der Waals surface area contributed by atoms with E-state index in [1.54, 1.807) is 11.8 Å². The lowest BCUT2D eigenvalue weighted by Gasteiger charge is -2.27. The number of benzene rings is 2. The van der Waals surface area contributed by atoms with E-state index < -0.39 is 17.3 Å². The molecule has 1 heterocycles. The highest BCUT2D eigenvalue weighted by molar-refractivity contribution is 5.95. The number of nitrogens with zero attached hydrogens (tertiary/aromatic N) is 2. The van der Waals surface area contributed by atoms with E-state index in [9.17, 15) is 28.1 Å². The lowest BCUT2D eigenvalue weighted by atomic mass is 10.1. The Labute approximate surface area is 175 Å². The lowest BCUT2D eigenvalue weighted by molar-refractivity contribution is -0.384. The minimum atomic E-state index is -4.79. The van der Waals surface area contributed by atoms with Crippen molar-refractivity contribution in [2.45, 2.75) is 19.3 Å². The first kappa shape index (κ1) is 22.3. The van der Waals surface area contributed by atoms with Crippen LogP contribution in [0.3, 0.4) is 0 Å². The highest BCUT2D eigenvalue weighted by Gasteiger charge is 2.31. The molecule has 1 fully saturated rings. The van der Waals surface area contributed by atoms with E-state index in [0.29, 0.717) is 31.9 Å². The molecule has 0 bridgehead atoms. The van der Waals surface area contributed by atoms with Crippen LogP contribution < -0.4 is 10.1 Å². The number of anilines is 1. The number of nitro benzene ring substituents is 1. The Bertz CT molecular complexity index is 944. The maximum Gasteiger partial charge on any atom is 0.573 e. The van der Waals surface area contributed by atoms with Crippen LogP contribution in [0.25, 0.3) is 0 Å². The fourth-order valence-electron chi connectivity index (χ4n) is 3.16. The molecule has 1 N–H and O–H groups in total. The highest BCUT2D eigenvalue weighted by Crippen LogP contribution is 2.31. The third-order valence-corrected chi connectivity index (χ3v) is 4.73. The molecule has 0 radical (unpaired) electrons. The minimum absolute atomic E-state index is 0.187. The number of amides is 1. The molecule has 2 aromatic rings. The van der Waals surface area contributed by atoms with Crippen LogP contribution in [0.2, 0.25) is 0 Å². The summed E-state index contributed by atoms with van der Waals surface area (Å²) in [5, 5.41) is 14.5. The molecule has 1 aliphatic rings. The number of nitro groups is 1. The van der Waals surface area contributed by atoms with Gasteiger partial charge in [-0.1, -0.05) is 12.1 Å². The minimum Gasteiger partial charge on any atom is -0.406 e. The summed E-state index contributed by atoms with van der Waals surface area (Å²) in [6, 6.07) is 8.90. The Morgan fingerprint density at radius 2 is 1.84 bits per heavy atom. The van der Waals surface area contributed by atoms with Gasteiger partial charge in [-0.3, -0.25) is 14.9 Å². The second-order valence-electron chi connectivity index (χ2n) is 6.88. The quantitative estimate of drug-likeness (QED) is 0.537. The standard InChI is InChI=1S/C20H20F3N3O5/c1-13(14-2-5-16(6-3-14)31-20(21,22)23)24-17-7-4-15(12-18(17)26(28)29)19(27)25-8-10-30-11-9-25/h2-7,12-13,24H,8-11H2,1H3. The topological polar surface area (TPSA) is 93.9 Å². The first-order valence-electron chi connectivity index (χ1n) is 9.42. The van der Waals surface area contributed by atoms with Gasteiger partial charge in [0, 0.05) is 30.8 Å².